The molecule has 0 saturated heterocycles. The Balaban J connectivity index is 2.12. The van der Waals surface area contributed by atoms with Gasteiger partial charge in [-0.2, -0.15) is 0 Å². The molecule has 1 heterocycles. The summed E-state index contributed by atoms with van der Waals surface area (Å²) in [6, 6.07) is 7.73. The minimum atomic E-state index is 0.0306. The number of halogens is 2. The standard InChI is InChI=1S/C14H13Br2NOS/c1-9-3-4-11(6-12(9)15)14(18)17(2)7-10-5-13(16)19-8-10/h3-6,8H,7H2,1-2H3. The van der Waals surface area contributed by atoms with Gasteiger partial charge >= 0.3 is 0 Å². The van der Waals surface area contributed by atoms with E-state index in [4.69, 9.17) is 0 Å². The molecule has 2 nitrogen and oxygen atoms in total. The predicted molar refractivity (Wildman–Crippen MR) is 86.7 cm³/mol. The molecule has 0 atom stereocenters. The summed E-state index contributed by atoms with van der Waals surface area (Å²) >= 11 is 8.52. The highest BCUT2D eigenvalue weighted by Crippen LogP contribution is 2.22. The maximum Gasteiger partial charge on any atom is 0.253 e. The molecule has 2 aromatic rings. The number of carbonyl (C=O) groups excluding carboxylic acids is 1. The van der Waals surface area contributed by atoms with Crippen molar-refractivity contribution in [2.75, 3.05) is 7.05 Å². The maximum atomic E-state index is 12.3. The normalized spacial score (nSPS) is 10.5. The highest BCUT2D eigenvalue weighted by molar-refractivity contribution is 9.11. The Morgan fingerprint density at radius 3 is 2.63 bits per heavy atom. The summed E-state index contributed by atoms with van der Waals surface area (Å²) in [5.74, 6) is 0.0306. The Morgan fingerprint density at radius 2 is 2.05 bits per heavy atom. The van der Waals surface area contributed by atoms with E-state index in [0.717, 1.165) is 19.4 Å². The van der Waals surface area contributed by atoms with Crippen molar-refractivity contribution in [3.8, 4) is 0 Å². The maximum absolute atomic E-state index is 12.3. The Labute approximate surface area is 133 Å². The lowest BCUT2D eigenvalue weighted by molar-refractivity contribution is 0.0785. The molecular formula is C14H13Br2NOS. The summed E-state index contributed by atoms with van der Waals surface area (Å²) in [6.45, 7) is 2.62. The van der Waals surface area contributed by atoms with E-state index in [0.29, 0.717) is 12.1 Å². The molecule has 0 saturated carbocycles. The van der Waals surface area contributed by atoms with E-state index >= 15 is 0 Å². The van der Waals surface area contributed by atoms with Crippen molar-refractivity contribution in [2.24, 2.45) is 0 Å². The fourth-order valence-electron chi connectivity index (χ4n) is 1.72. The summed E-state index contributed by atoms with van der Waals surface area (Å²) in [6.07, 6.45) is 0. The first kappa shape index (κ1) is 14.8. The molecule has 0 unspecified atom stereocenters. The summed E-state index contributed by atoms with van der Waals surface area (Å²) in [5.41, 5.74) is 2.97. The van der Waals surface area contributed by atoms with E-state index in [9.17, 15) is 4.79 Å². The first-order valence-corrected chi connectivity index (χ1v) is 8.18. The Bertz CT molecular complexity index is 609. The van der Waals surface area contributed by atoms with Crippen LogP contribution >= 0.6 is 43.2 Å². The topological polar surface area (TPSA) is 20.3 Å². The predicted octanol–water partition coefficient (Wildman–Crippen LogP) is 4.85. The van der Waals surface area contributed by atoms with Gasteiger partial charge in [-0.1, -0.05) is 22.0 Å². The van der Waals surface area contributed by atoms with Gasteiger partial charge in [0.25, 0.3) is 5.91 Å². The lowest BCUT2D eigenvalue weighted by Gasteiger charge is -2.17. The van der Waals surface area contributed by atoms with Crippen molar-refractivity contribution in [2.45, 2.75) is 13.5 Å². The summed E-state index contributed by atoms with van der Waals surface area (Å²) in [4.78, 5) is 14.0. The number of hydrogen-bond donors (Lipinski definition) is 0. The van der Waals surface area contributed by atoms with Gasteiger partial charge in [0, 0.05) is 23.6 Å². The molecule has 1 amide bonds. The number of benzene rings is 1. The molecule has 0 spiro atoms. The third-order valence-electron chi connectivity index (χ3n) is 2.81. The second-order valence-corrected chi connectivity index (χ2v) is 7.53. The first-order chi connectivity index (χ1) is 8.97. The van der Waals surface area contributed by atoms with Gasteiger partial charge in [-0.15, -0.1) is 11.3 Å². The van der Waals surface area contributed by atoms with Gasteiger partial charge in [-0.3, -0.25) is 4.79 Å². The SMILES string of the molecule is Cc1ccc(C(=O)N(C)Cc2csc(Br)c2)cc1Br. The minimum absolute atomic E-state index is 0.0306. The van der Waals surface area contributed by atoms with Crippen molar-refractivity contribution >= 4 is 49.1 Å². The van der Waals surface area contributed by atoms with E-state index < -0.39 is 0 Å². The van der Waals surface area contributed by atoms with Crippen LogP contribution in [0.2, 0.25) is 0 Å². The van der Waals surface area contributed by atoms with Gasteiger partial charge in [0.2, 0.25) is 0 Å². The van der Waals surface area contributed by atoms with Crippen LogP contribution < -0.4 is 0 Å². The molecule has 0 fully saturated rings. The molecule has 0 aliphatic carbocycles. The summed E-state index contributed by atoms with van der Waals surface area (Å²) in [7, 11) is 1.82. The average molecular weight is 403 g/mol. The van der Waals surface area contributed by atoms with Crippen molar-refractivity contribution in [3.63, 3.8) is 0 Å². The number of rotatable bonds is 3. The molecular weight excluding hydrogens is 390 g/mol. The van der Waals surface area contributed by atoms with Crippen LogP contribution in [0, 0.1) is 6.92 Å². The molecule has 5 heteroatoms. The van der Waals surface area contributed by atoms with Crippen LogP contribution in [-0.2, 0) is 6.54 Å². The monoisotopic (exact) mass is 401 g/mol. The molecule has 0 bridgehead atoms. The van der Waals surface area contributed by atoms with Crippen LogP contribution in [0.1, 0.15) is 21.5 Å². The number of carbonyl (C=O) groups is 1. The lowest BCUT2D eigenvalue weighted by atomic mass is 10.1. The fraction of sp³-hybridized carbons (Fsp3) is 0.214. The molecule has 0 radical (unpaired) electrons. The van der Waals surface area contributed by atoms with Crippen molar-refractivity contribution in [3.05, 3.63) is 54.6 Å². The molecule has 19 heavy (non-hydrogen) atoms. The summed E-state index contributed by atoms with van der Waals surface area (Å²) in [5, 5.41) is 2.05. The largest absolute Gasteiger partial charge is 0.337 e. The van der Waals surface area contributed by atoms with Gasteiger partial charge < -0.3 is 4.90 Å². The molecule has 0 aliphatic rings. The van der Waals surface area contributed by atoms with Gasteiger partial charge in [0.05, 0.1) is 3.79 Å². The number of hydrogen-bond acceptors (Lipinski definition) is 2. The summed E-state index contributed by atoms with van der Waals surface area (Å²) < 4.78 is 2.05. The zero-order valence-corrected chi connectivity index (χ0v) is 14.6. The smallest absolute Gasteiger partial charge is 0.253 e. The minimum Gasteiger partial charge on any atom is -0.337 e. The van der Waals surface area contributed by atoms with E-state index in [1.807, 2.05) is 38.2 Å². The van der Waals surface area contributed by atoms with Gasteiger partial charge in [0.1, 0.15) is 0 Å². The molecule has 2 rings (SSSR count). The fourth-order valence-corrected chi connectivity index (χ4v) is 3.30. The zero-order chi connectivity index (χ0) is 14.0. The Hall–Kier alpha value is -0.650. The van der Waals surface area contributed by atoms with Crippen molar-refractivity contribution in [1.29, 1.82) is 0 Å². The number of thiophene rings is 1. The van der Waals surface area contributed by atoms with E-state index in [2.05, 4.69) is 37.2 Å². The quantitative estimate of drug-likeness (QED) is 0.718. The Kier molecular flexibility index (Phi) is 4.81. The third-order valence-corrected chi connectivity index (χ3v) is 5.21. The molecule has 0 aliphatic heterocycles. The number of aryl methyl sites for hydroxylation is 1. The highest BCUT2D eigenvalue weighted by Gasteiger charge is 2.13. The van der Waals surface area contributed by atoms with Crippen molar-refractivity contribution < 1.29 is 4.79 Å². The number of nitrogens with zero attached hydrogens (tertiary/aromatic N) is 1. The van der Waals surface area contributed by atoms with Crippen molar-refractivity contribution in [1.82, 2.24) is 4.90 Å². The van der Waals surface area contributed by atoms with Crippen LogP contribution in [0.15, 0.2) is 37.9 Å². The van der Waals surface area contributed by atoms with E-state index in [1.54, 1.807) is 16.2 Å². The number of amides is 1. The first-order valence-electron chi connectivity index (χ1n) is 5.72. The lowest BCUT2D eigenvalue weighted by Crippen LogP contribution is -2.26. The van der Waals surface area contributed by atoms with Crippen LogP contribution in [-0.4, -0.2) is 17.9 Å². The van der Waals surface area contributed by atoms with Crippen LogP contribution in [0.4, 0.5) is 0 Å². The average Bonchev–Trinajstić information content (AvgIpc) is 2.77. The molecule has 1 aromatic carbocycles. The highest BCUT2D eigenvalue weighted by atomic mass is 79.9. The second kappa shape index (κ2) is 6.20. The Morgan fingerprint density at radius 1 is 1.32 bits per heavy atom. The zero-order valence-electron chi connectivity index (χ0n) is 10.6. The third kappa shape index (κ3) is 3.68. The van der Waals surface area contributed by atoms with E-state index in [-0.39, 0.29) is 5.91 Å². The van der Waals surface area contributed by atoms with Gasteiger partial charge in [0.15, 0.2) is 0 Å². The van der Waals surface area contributed by atoms with Crippen LogP contribution in [0.5, 0.6) is 0 Å². The van der Waals surface area contributed by atoms with Crippen LogP contribution in [0.3, 0.4) is 0 Å². The molecule has 0 N–H and O–H groups in total. The molecule has 100 valence electrons. The van der Waals surface area contributed by atoms with Crippen LogP contribution in [0.25, 0.3) is 0 Å². The second-order valence-electron chi connectivity index (χ2n) is 4.38. The van der Waals surface area contributed by atoms with Gasteiger partial charge in [-0.05, 0) is 57.6 Å². The van der Waals surface area contributed by atoms with Gasteiger partial charge in [-0.25, -0.2) is 0 Å². The van der Waals surface area contributed by atoms with E-state index in [1.165, 1.54) is 0 Å². The molecule has 1 aromatic heterocycles.